The zero-order valence-corrected chi connectivity index (χ0v) is 8.55. The Bertz CT molecular complexity index is 161. The van der Waals surface area contributed by atoms with Gasteiger partial charge in [0.25, 0.3) is 0 Å². The molecule has 15 heavy (non-hydrogen) atoms. The van der Waals surface area contributed by atoms with Gasteiger partial charge in [0.15, 0.2) is 0 Å². The molecule has 0 atom stereocenters. The monoisotopic (exact) mass is 255 g/mol. The van der Waals surface area contributed by atoms with Gasteiger partial charge in [-0.25, -0.2) is 0 Å². The molecule has 8 heteroatoms. The fraction of sp³-hybridized carbons (Fsp3) is 0.857. The third-order valence-corrected chi connectivity index (χ3v) is 3.38. The second-order valence-electron chi connectivity index (χ2n) is 2.75. The second-order valence-corrected chi connectivity index (χ2v) is 4.99. The molecule has 0 N–H and O–H groups in total. The molecule has 0 saturated carbocycles. The summed E-state index contributed by atoms with van der Waals surface area (Å²) in [7, 11) is -2.25. The number of alkyl halides is 6. The summed E-state index contributed by atoms with van der Waals surface area (Å²) in [6, 6.07) is 0. The van der Waals surface area contributed by atoms with Crippen LogP contribution in [0, 0.1) is 6.92 Å². The minimum absolute atomic E-state index is 0.130. The Morgan fingerprint density at radius 1 is 0.933 bits per heavy atom. The van der Waals surface area contributed by atoms with Crippen molar-refractivity contribution in [3.05, 3.63) is 6.92 Å². The van der Waals surface area contributed by atoms with Crippen molar-refractivity contribution in [2.75, 3.05) is 25.3 Å². The smallest absolute Gasteiger partial charge is 0.377 e. The van der Waals surface area contributed by atoms with Crippen molar-refractivity contribution in [1.82, 2.24) is 0 Å². The summed E-state index contributed by atoms with van der Waals surface area (Å²) in [5.74, 6) is 0. The molecule has 0 saturated heterocycles. The van der Waals surface area contributed by atoms with Crippen molar-refractivity contribution in [2.24, 2.45) is 0 Å². The summed E-state index contributed by atoms with van der Waals surface area (Å²) < 4.78 is 75.8. The van der Waals surface area contributed by atoms with Gasteiger partial charge in [0.2, 0.25) is 0 Å². The van der Waals surface area contributed by atoms with Crippen LogP contribution in [-0.2, 0) is 4.74 Å². The van der Waals surface area contributed by atoms with E-state index in [1.165, 1.54) is 0 Å². The Labute approximate surface area is 84.5 Å². The first-order valence-electron chi connectivity index (χ1n) is 3.87. The Morgan fingerprint density at radius 2 is 1.33 bits per heavy atom. The molecule has 0 aliphatic rings. The van der Waals surface area contributed by atoms with Crippen LogP contribution in [0.5, 0.6) is 0 Å². The van der Waals surface area contributed by atoms with Gasteiger partial charge in [0.1, 0.15) is 0 Å². The van der Waals surface area contributed by atoms with E-state index in [1.54, 1.807) is 0 Å². The van der Waals surface area contributed by atoms with Gasteiger partial charge in [-0.15, -0.1) is 0 Å². The largest absolute Gasteiger partial charge is 0.392 e. The summed E-state index contributed by atoms with van der Waals surface area (Å²) >= 11 is 0. The zero-order chi connectivity index (χ0) is 12.1. The number of hydrogen-bond acceptors (Lipinski definition) is 1. The van der Waals surface area contributed by atoms with Crippen molar-refractivity contribution in [1.29, 1.82) is 0 Å². The van der Waals surface area contributed by atoms with Crippen LogP contribution >= 0.6 is 7.92 Å². The summed E-state index contributed by atoms with van der Waals surface area (Å²) in [6.07, 6.45) is -12.5. The molecule has 0 unspecified atom stereocenters. The van der Waals surface area contributed by atoms with E-state index >= 15 is 0 Å². The van der Waals surface area contributed by atoms with Crippen LogP contribution in [0.2, 0.25) is 0 Å². The minimum atomic E-state index is -4.58. The SMILES string of the molecule is [CH2]COCP(CC(F)(F)F)CC(F)(F)F. The lowest BCUT2D eigenvalue weighted by Gasteiger charge is -2.20. The third-order valence-electron chi connectivity index (χ3n) is 1.22. The van der Waals surface area contributed by atoms with E-state index in [4.69, 9.17) is 0 Å². The normalized spacial score (nSPS) is 13.6. The number of hydrogen-bond donors (Lipinski definition) is 0. The maximum absolute atomic E-state index is 11.9. The maximum Gasteiger partial charge on any atom is 0.392 e. The van der Waals surface area contributed by atoms with Gasteiger partial charge in [-0.2, -0.15) is 26.3 Å². The van der Waals surface area contributed by atoms with Gasteiger partial charge in [-0.05, 0) is 6.92 Å². The molecule has 0 rings (SSSR count). The first kappa shape index (κ1) is 15.0. The van der Waals surface area contributed by atoms with Crippen molar-refractivity contribution < 1.29 is 31.1 Å². The Hall–Kier alpha value is -0.0300. The van der Waals surface area contributed by atoms with E-state index in [9.17, 15) is 26.3 Å². The zero-order valence-electron chi connectivity index (χ0n) is 7.66. The molecular weight excluding hydrogens is 245 g/mol. The van der Waals surface area contributed by atoms with Crippen LogP contribution in [0.15, 0.2) is 0 Å². The van der Waals surface area contributed by atoms with Gasteiger partial charge in [-0.3, -0.25) is 0 Å². The van der Waals surface area contributed by atoms with Gasteiger partial charge in [0, 0.05) is 6.61 Å². The molecule has 0 spiro atoms. The lowest BCUT2D eigenvalue weighted by molar-refractivity contribution is -0.112. The Balaban J connectivity index is 4.19. The first-order valence-corrected chi connectivity index (χ1v) is 5.76. The molecule has 0 aliphatic heterocycles. The molecule has 0 heterocycles. The van der Waals surface area contributed by atoms with Gasteiger partial charge >= 0.3 is 12.4 Å². The molecule has 0 amide bonds. The van der Waals surface area contributed by atoms with Gasteiger partial charge in [0.05, 0.1) is 18.7 Å². The van der Waals surface area contributed by atoms with Crippen LogP contribution in [0.1, 0.15) is 0 Å². The molecule has 0 bridgehead atoms. The van der Waals surface area contributed by atoms with Gasteiger partial charge in [-0.1, -0.05) is 7.92 Å². The number of ether oxygens (including phenoxy) is 1. The van der Waals surface area contributed by atoms with Crippen LogP contribution in [0.25, 0.3) is 0 Å². The van der Waals surface area contributed by atoms with E-state index in [-0.39, 0.29) is 6.61 Å². The topological polar surface area (TPSA) is 9.23 Å². The number of halogens is 6. The molecule has 91 valence electrons. The highest BCUT2D eigenvalue weighted by Gasteiger charge is 2.38. The molecule has 1 nitrogen and oxygen atoms in total. The van der Waals surface area contributed by atoms with Crippen molar-refractivity contribution >= 4 is 7.92 Å². The van der Waals surface area contributed by atoms with Crippen LogP contribution < -0.4 is 0 Å². The van der Waals surface area contributed by atoms with Gasteiger partial charge < -0.3 is 4.74 Å². The molecule has 0 aliphatic carbocycles. The average molecular weight is 255 g/mol. The molecule has 0 fully saturated rings. The fourth-order valence-corrected chi connectivity index (χ4v) is 2.54. The Kier molecular flexibility index (Phi) is 5.88. The quantitative estimate of drug-likeness (QED) is 0.540. The summed E-state index contributed by atoms with van der Waals surface area (Å²) in [5.41, 5.74) is 0. The highest BCUT2D eigenvalue weighted by atomic mass is 31.1. The molecule has 1 radical (unpaired) electrons. The first-order chi connectivity index (χ1) is 6.64. The fourth-order valence-electron chi connectivity index (χ4n) is 0.848. The number of rotatable bonds is 5. The van der Waals surface area contributed by atoms with E-state index in [1.807, 2.05) is 0 Å². The summed E-state index contributed by atoms with van der Waals surface area (Å²) in [4.78, 5) is 0. The van der Waals surface area contributed by atoms with E-state index in [0.29, 0.717) is 0 Å². The van der Waals surface area contributed by atoms with E-state index < -0.39 is 38.9 Å². The lowest BCUT2D eigenvalue weighted by atomic mass is 10.8. The summed E-state index contributed by atoms with van der Waals surface area (Å²) in [6.45, 7) is 3.05. The van der Waals surface area contributed by atoms with Crippen molar-refractivity contribution in [3.63, 3.8) is 0 Å². The molecular formula is C7H10F6OP. The van der Waals surface area contributed by atoms with Crippen LogP contribution in [0.4, 0.5) is 26.3 Å². The molecule has 0 aromatic heterocycles. The van der Waals surface area contributed by atoms with E-state index in [2.05, 4.69) is 11.7 Å². The highest BCUT2D eigenvalue weighted by Crippen LogP contribution is 2.45. The maximum atomic E-state index is 11.9. The predicted octanol–water partition coefficient (Wildman–Crippen LogP) is 3.40. The average Bonchev–Trinajstić information content (AvgIpc) is 1.94. The Morgan fingerprint density at radius 3 is 1.60 bits per heavy atom. The second kappa shape index (κ2) is 5.89. The highest BCUT2D eigenvalue weighted by molar-refractivity contribution is 7.57. The lowest BCUT2D eigenvalue weighted by Crippen LogP contribution is -2.21. The third kappa shape index (κ3) is 10.3. The minimum Gasteiger partial charge on any atom is -0.377 e. The van der Waals surface area contributed by atoms with Crippen molar-refractivity contribution in [2.45, 2.75) is 12.4 Å². The van der Waals surface area contributed by atoms with E-state index in [0.717, 1.165) is 0 Å². The standard InChI is InChI=1S/C7H10F6OP/c1-2-14-5-15(3-6(8,9)10)4-7(11,12)13/h1-5H2. The van der Waals surface area contributed by atoms with Crippen LogP contribution in [0.3, 0.4) is 0 Å². The van der Waals surface area contributed by atoms with Crippen LogP contribution in [-0.4, -0.2) is 37.6 Å². The predicted molar refractivity (Wildman–Crippen MR) is 44.9 cm³/mol. The molecule has 0 aromatic rings. The van der Waals surface area contributed by atoms with Crippen molar-refractivity contribution in [3.8, 4) is 0 Å². The molecule has 0 aromatic carbocycles. The summed E-state index contributed by atoms with van der Waals surface area (Å²) in [5, 5.41) is 0.